The lowest BCUT2D eigenvalue weighted by Crippen LogP contribution is -2.40. The molecule has 1 saturated heterocycles. The Labute approximate surface area is 95.4 Å². The maximum absolute atomic E-state index is 3.81. The van der Waals surface area contributed by atoms with Gasteiger partial charge in [-0.3, -0.25) is 4.90 Å². The summed E-state index contributed by atoms with van der Waals surface area (Å²) in [6.07, 6.45) is 5.23. The van der Waals surface area contributed by atoms with E-state index in [1.54, 1.807) is 0 Å². The van der Waals surface area contributed by atoms with Gasteiger partial charge in [0.1, 0.15) is 0 Å². The number of nitrogens with zero attached hydrogens (tertiary/aromatic N) is 1. The summed E-state index contributed by atoms with van der Waals surface area (Å²) in [5.74, 6) is 0. The molecule has 15 heavy (non-hydrogen) atoms. The summed E-state index contributed by atoms with van der Waals surface area (Å²) in [5.41, 5.74) is 0. The largest absolute Gasteiger partial charge is 0.310 e. The predicted molar refractivity (Wildman–Crippen MR) is 67.2 cm³/mol. The molecule has 0 aliphatic carbocycles. The highest BCUT2D eigenvalue weighted by Gasteiger charge is 2.25. The van der Waals surface area contributed by atoms with E-state index in [9.17, 15) is 0 Å². The average Bonchev–Trinajstić information content (AvgIpc) is 2.65. The Hall–Kier alpha value is -0.0800. The van der Waals surface area contributed by atoms with Crippen LogP contribution in [-0.2, 0) is 0 Å². The van der Waals surface area contributed by atoms with Crippen LogP contribution in [0.15, 0.2) is 0 Å². The Bertz CT molecular complexity index is 168. The van der Waals surface area contributed by atoms with E-state index < -0.39 is 0 Å². The number of likely N-dealkylation sites (tertiary alicyclic amines) is 1. The van der Waals surface area contributed by atoms with E-state index in [4.69, 9.17) is 0 Å². The van der Waals surface area contributed by atoms with Crippen molar-refractivity contribution in [2.75, 3.05) is 13.1 Å². The summed E-state index contributed by atoms with van der Waals surface area (Å²) < 4.78 is 0. The molecule has 1 fully saturated rings. The molecule has 2 nitrogen and oxygen atoms in total. The van der Waals surface area contributed by atoms with Gasteiger partial charge in [0.05, 0.1) is 0 Å². The van der Waals surface area contributed by atoms with Gasteiger partial charge in [-0.25, -0.2) is 0 Å². The van der Waals surface area contributed by atoms with Crippen LogP contribution in [0.5, 0.6) is 0 Å². The summed E-state index contributed by atoms with van der Waals surface area (Å²) in [7, 11) is 0. The van der Waals surface area contributed by atoms with Crippen molar-refractivity contribution < 1.29 is 0 Å². The first-order chi connectivity index (χ1) is 7.17. The molecule has 0 aromatic rings. The zero-order chi connectivity index (χ0) is 11.3. The minimum atomic E-state index is 0.711. The highest BCUT2D eigenvalue weighted by molar-refractivity contribution is 4.84. The van der Waals surface area contributed by atoms with E-state index in [0.29, 0.717) is 6.04 Å². The first-order valence-corrected chi connectivity index (χ1v) is 6.67. The van der Waals surface area contributed by atoms with E-state index in [1.807, 2.05) is 0 Å². The third kappa shape index (κ3) is 4.12. The topological polar surface area (TPSA) is 15.3 Å². The van der Waals surface area contributed by atoms with Crippen molar-refractivity contribution >= 4 is 0 Å². The lowest BCUT2D eigenvalue weighted by atomic mass is 10.1. The zero-order valence-corrected chi connectivity index (χ0v) is 10.9. The van der Waals surface area contributed by atoms with E-state index in [0.717, 1.165) is 12.1 Å². The molecule has 0 saturated carbocycles. The van der Waals surface area contributed by atoms with E-state index in [1.165, 1.54) is 38.8 Å². The zero-order valence-electron chi connectivity index (χ0n) is 10.9. The minimum absolute atomic E-state index is 0.711. The third-order valence-corrected chi connectivity index (χ3v) is 3.55. The van der Waals surface area contributed by atoms with Crippen molar-refractivity contribution in [3.05, 3.63) is 0 Å². The standard InChI is InChI=1S/C13H28N2/c1-5-7-12(6-2)14-13-8-9-15(10-13)11(3)4/h11-14H,5-10H2,1-4H3. The lowest BCUT2D eigenvalue weighted by molar-refractivity contribution is 0.264. The molecule has 2 unspecified atom stereocenters. The molecule has 0 radical (unpaired) electrons. The fourth-order valence-corrected chi connectivity index (χ4v) is 2.48. The fraction of sp³-hybridized carbons (Fsp3) is 1.00. The van der Waals surface area contributed by atoms with Gasteiger partial charge in [0.2, 0.25) is 0 Å². The average molecular weight is 212 g/mol. The second kappa shape index (κ2) is 6.49. The molecule has 2 heteroatoms. The Kier molecular flexibility index (Phi) is 5.62. The number of rotatable bonds is 6. The van der Waals surface area contributed by atoms with E-state index in [-0.39, 0.29) is 0 Å². The number of nitrogens with one attached hydrogen (secondary N) is 1. The van der Waals surface area contributed by atoms with Crippen LogP contribution in [-0.4, -0.2) is 36.1 Å². The molecular weight excluding hydrogens is 184 g/mol. The molecule has 90 valence electrons. The van der Waals surface area contributed by atoms with Gasteiger partial charge >= 0.3 is 0 Å². The van der Waals surface area contributed by atoms with Crippen LogP contribution in [0.25, 0.3) is 0 Å². The van der Waals surface area contributed by atoms with Gasteiger partial charge in [0.15, 0.2) is 0 Å². The molecule has 0 aromatic heterocycles. The van der Waals surface area contributed by atoms with Gasteiger partial charge in [-0.05, 0) is 39.7 Å². The normalized spacial score (nSPS) is 25.0. The Balaban J connectivity index is 2.27. The Morgan fingerprint density at radius 2 is 2.07 bits per heavy atom. The first-order valence-electron chi connectivity index (χ1n) is 6.67. The highest BCUT2D eigenvalue weighted by atomic mass is 15.2. The summed E-state index contributed by atoms with van der Waals surface area (Å²) in [5, 5.41) is 3.81. The minimum Gasteiger partial charge on any atom is -0.310 e. The van der Waals surface area contributed by atoms with Gasteiger partial charge in [0, 0.05) is 24.7 Å². The summed E-state index contributed by atoms with van der Waals surface area (Å²) in [4.78, 5) is 2.58. The monoisotopic (exact) mass is 212 g/mol. The van der Waals surface area contributed by atoms with Gasteiger partial charge in [-0.1, -0.05) is 20.3 Å². The van der Waals surface area contributed by atoms with Crippen LogP contribution in [0.2, 0.25) is 0 Å². The second-order valence-corrected chi connectivity index (χ2v) is 5.13. The molecule has 2 atom stereocenters. The van der Waals surface area contributed by atoms with Crippen LogP contribution in [0.1, 0.15) is 53.4 Å². The molecular formula is C13H28N2. The van der Waals surface area contributed by atoms with Gasteiger partial charge in [-0.15, -0.1) is 0 Å². The van der Waals surface area contributed by atoms with Crippen LogP contribution in [0, 0.1) is 0 Å². The van der Waals surface area contributed by atoms with Crippen molar-refractivity contribution in [3.63, 3.8) is 0 Å². The molecule has 1 aliphatic heterocycles. The van der Waals surface area contributed by atoms with Crippen molar-refractivity contribution in [1.82, 2.24) is 10.2 Å². The van der Waals surface area contributed by atoms with E-state index >= 15 is 0 Å². The summed E-state index contributed by atoms with van der Waals surface area (Å²) in [6.45, 7) is 11.7. The predicted octanol–water partition coefficient (Wildman–Crippen LogP) is 2.64. The SMILES string of the molecule is CCCC(CC)NC1CCN(C(C)C)C1. The summed E-state index contributed by atoms with van der Waals surface area (Å²) >= 11 is 0. The smallest absolute Gasteiger partial charge is 0.0209 e. The summed E-state index contributed by atoms with van der Waals surface area (Å²) in [6, 6.07) is 2.19. The van der Waals surface area contributed by atoms with Gasteiger partial charge in [0.25, 0.3) is 0 Å². The van der Waals surface area contributed by atoms with Crippen molar-refractivity contribution in [2.45, 2.75) is 71.5 Å². The molecule has 0 bridgehead atoms. The first kappa shape index (κ1) is 13.0. The molecule has 0 spiro atoms. The van der Waals surface area contributed by atoms with Crippen molar-refractivity contribution in [2.24, 2.45) is 0 Å². The number of hydrogen-bond donors (Lipinski definition) is 1. The van der Waals surface area contributed by atoms with Crippen LogP contribution in [0.4, 0.5) is 0 Å². The quantitative estimate of drug-likeness (QED) is 0.728. The Morgan fingerprint density at radius 3 is 2.53 bits per heavy atom. The second-order valence-electron chi connectivity index (χ2n) is 5.13. The van der Waals surface area contributed by atoms with Crippen LogP contribution < -0.4 is 5.32 Å². The lowest BCUT2D eigenvalue weighted by Gasteiger charge is -2.23. The maximum Gasteiger partial charge on any atom is 0.0209 e. The molecule has 0 aromatic carbocycles. The van der Waals surface area contributed by atoms with E-state index in [2.05, 4.69) is 37.9 Å². The maximum atomic E-state index is 3.81. The molecule has 1 rings (SSSR count). The van der Waals surface area contributed by atoms with Crippen molar-refractivity contribution in [1.29, 1.82) is 0 Å². The van der Waals surface area contributed by atoms with Gasteiger partial charge in [-0.2, -0.15) is 0 Å². The molecule has 0 amide bonds. The third-order valence-electron chi connectivity index (χ3n) is 3.55. The Morgan fingerprint density at radius 1 is 1.33 bits per heavy atom. The highest BCUT2D eigenvalue weighted by Crippen LogP contribution is 2.14. The molecule has 1 N–H and O–H groups in total. The molecule has 1 heterocycles. The van der Waals surface area contributed by atoms with Crippen LogP contribution in [0.3, 0.4) is 0 Å². The molecule has 1 aliphatic rings. The van der Waals surface area contributed by atoms with Crippen LogP contribution >= 0.6 is 0 Å². The van der Waals surface area contributed by atoms with Crippen molar-refractivity contribution in [3.8, 4) is 0 Å². The van der Waals surface area contributed by atoms with Gasteiger partial charge < -0.3 is 5.32 Å². The number of hydrogen-bond acceptors (Lipinski definition) is 2. The fourth-order valence-electron chi connectivity index (χ4n) is 2.48.